The van der Waals surface area contributed by atoms with E-state index in [0.29, 0.717) is 0 Å². The Morgan fingerprint density at radius 1 is 1.38 bits per heavy atom. The molecule has 74 valence electrons. The third-order valence-corrected chi connectivity index (χ3v) is 1.56. The van der Waals surface area contributed by atoms with Gasteiger partial charge in [0.15, 0.2) is 0 Å². The summed E-state index contributed by atoms with van der Waals surface area (Å²) < 4.78 is 12.9. The topological polar surface area (TPSA) is 29.3 Å². The van der Waals surface area contributed by atoms with Crippen molar-refractivity contribution in [1.29, 1.82) is 0 Å². The lowest BCUT2D eigenvalue weighted by Gasteiger charge is -2.09. The molecule has 0 spiro atoms. The van der Waals surface area contributed by atoms with Gasteiger partial charge in [0.05, 0.1) is 5.69 Å². The maximum absolute atomic E-state index is 12.9. The summed E-state index contributed by atoms with van der Waals surface area (Å²) in [4.78, 5) is 1.98. The SMILES string of the molecule is CN(C)Cc1ccc(N)c(F)c1.Cl. The van der Waals surface area contributed by atoms with Crippen LogP contribution in [-0.2, 0) is 6.54 Å². The number of anilines is 1. The van der Waals surface area contributed by atoms with Crippen molar-refractivity contribution in [3.8, 4) is 0 Å². The Morgan fingerprint density at radius 2 is 2.00 bits per heavy atom. The van der Waals surface area contributed by atoms with Crippen LogP contribution >= 0.6 is 12.4 Å². The van der Waals surface area contributed by atoms with Gasteiger partial charge in [-0.25, -0.2) is 4.39 Å². The minimum Gasteiger partial charge on any atom is -0.396 e. The van der Waals surface area contributed by atoms with Gasteiger partial charge in [0.1, 0.15) is 5.82 Å². The summed E-state index contributed by atoms with van der Waals surface area (Å²) >= 11 is 0. The first-order valence-corrected chi connectivity index (χ1v) is 3.78. The molecule has 0 atom stereocenters. The summed E-state index contributed by atoms with van der Waals surface area (Å²) in [6.45, 7) is 0.733. The third kappa shape index (κ3) is 3.61. The molecule has 2 N–H and O–H groups in total. The summed E-state index contributed by atoms with van der Waals surface area (Å²) in [5.41, 5.74) is 6.47. The van der Waals surface area contributed by atoms with Crippen molar-refractivity contribution in [2.24, 2.45) is 0 Å². The van der Waals surface area contributed by atoms with Gasteiger partial charge >= 0.3 is 0 Å². The Balaban J connectivity index is 0.00000144. The maximum Gasteiger partial charge on any atom is 0.146 e. The number of rotatable bonds is 2. The fourth-order valence-corrected chi connectivity index (χ4v) is 1.03. The van der Waals surface area contributed by atoms with E-state index in [-0.39, 0.29) is 23.9 Å². The Labute approximate surface area is 83.9 Å². The van der Waals surface area contributed by atoms with Crippen LogP contribution in [0.25, 0.3) is 0 Å². The van der Waals surface area contributed by atoms with Crippen LogP contribution in [0, 0.1) is 5.82 Å². The maximum atomic E-state index is 12.9. The minimum absolute atomic E-state index is 0. The molecule has 0 bridgehead atoms. The van der Waals surface area contributed by atoms with E-state index in [1.807, 2.05) is 25.1 Å². The minimum atomic E-state index is -0.339. The molecule has 0 aliphatic rings. The molecule has 4 heteroatoms. The number of nitrogens with two attached hydrogens (primary N) is 1. The third-order valence-electron chi connectivity index (χ3n) is 1.56. The van der Waals surface area contributed by atoms with Gasteiger partial charge in [-0.2, -0.15) is 0 Å². The number of halogens is 2. The normalized spacial score (nSPS) is 9.85. The van der Waals surface area contributed by atoms with Gasteiger partial charge in [-0.15, -0.1) is 12.4 Å². The zero-order valence-electron chi connectivity index (χ0n) is 7.75. The molecule has 0 heterocycles. The number of benzene rings is 1. The summed E-state index contributed by atoms with van der Waals surface area (Å²) in [5.74, 6) is -0.339. The van der Waals surface area contributed by atoms with Gasteiger partial charge in [0.2, 0.25) is 0 Å². The summed E-state index contributed by atoms with van der Waals surface area (Å²) in [7, 11) is 3.88. The molecule has 0 fully saturated rings. The molecule has 2 nitrogen and oxygen atoms in total. The highest BCUT2D eigenvalue weighted by molar-refractivity contribution is 5.85. The molecular formula is C9H14ClFN2. The van der Waals surface area contributed by atoms with Crippen LogP contribution in [0.1, 0.15) is 5.56 Å². The fraction of sp³-hybridized carbons (Fsp3) is 0.333. The van der Waals surface area contributed by atoms with Gasteiger partial charge in [-0.05, 0) is 31.8 Å². The van der Waals surface area contributed by atoms with Crippen LogP contribution in [-0.4, -0.2) is 19.0 Å². The van der Waals surface area contributed by atoms with Gasteiger partial charge in [0.25, 0.3) is 0 Å². The van der Waals surface area contributed by atoms with E-state index in [9.17, 15) is 4.39 Å². The quantitative estimate of drug-likeness (QED) is 0.746. The first kappa shape index (κ1) is 12.2. The first-order chi connectivity index (χ1) is 5.59. The second-order valence-electron chi connectivity index (χ2n) is 3.09. The van der Waals surface area contributed by atoms with Gasteiger partial charge in [-0.1, -0.05) is 6.07 Å². The predicted molar refractivity (Wildman–Crippen MR) is 55.5 cm³/mol. The Morgan fingerprint density at radius 3 is 2.46 bits per heavy atom. The molecule has 0 aliphatic carbocycles. The van der Waals surface area contributed by atoms with Crippen molar-refractivity contribution in [3.63, 3.8) is 0 Å². The summed E-state index contributed by atoms with van der Waals surface area (Å²) in [6, 6.07) is 4.89. The van der Waals surface area contributed by atoms with Crippen LogP contribution in [0.5, 0.6) is 0 Å². The van der Waals surface area contributed by atoms with E-state index in [0.717, 1.165) is 12.1 Å². The molecule has 0 radical (unpaired) electrons. The average molecular weight is 205 g/mol. The van der Waals surface area contributed by atoms with E-state index < -0.39 is 0 Å². The fourth-order valence-electron chi connectivity index (χ4n) is 1.03. The molecule has 0 aromatic heterocycles. The van der Waals surface area contributed by atoms with Crippen molar-refractivity contribution >= 4 is 18.1 Å². The largest absolute Gasteiger partial charge is 0.396 e. The lowest BCUT2D eigenvalue weighted by atomic mass is 10.2. The standard InChI is InChI=1S/C9H13FN2.ClH/c1-12(2)6-7-3-4-9(11)8(10)5-7;/h3-5H,6,11H2,1-2H3;1H. The molecule has 13 heavy (non-hydrogen) atoms. The first-order valence-electron chi connectivity index (χ1n) is 3.78. The Bertz CT molecular complexity index is 276. The number of hydrogen-bond acceptors (Lipinski definition) is 2. The highest BCUT2D eigenvalue weighted by atomic mass is 35.5. The second-order valence-corrected chi connectivity index (χ2v) is 3.09. The zero-order valence-corrected chi connectivity index (χ0v) is 8.57. The molecule has 0 saturated carbocycles. The Hall–Kier alpha value is -0.800. The predicted octanol–water partition coefficient (Wildman–Crippen LogP) is 1.89. The van der Waals surface area contributed by atoms with E-state index >= 15 is 0 Å². The van der Waals surface area contributed by atoms with Crippen molar-refractivity contribution in [1.82, 2.24) is 4.90 Å². The molecule has 1 aromatic rings. The Kier molecular flexibility index (Phi) is 4.73. The zero-order chi connectivity index (χ0) is 9.14. The second kappa shape index (κ2) is 5.04. The van der Waals surface area contributed by atoms with Crippen LogP contribution in [0.3, 0.4) is 0 Å². The van der Waals surface area contributed by atoms with Crippen molar-refractivity contribution in [3.05, 3.63) is 29.6 Å². The van der Waals surface area contributed by atoms with Crippen LogP contribution in [0.2, 0.25) is 0 Å². The number of nitrogens with zero attached hydrogens (tertiary/aromatic N) is 1. The molecule has 0 aliphatic heterocycles. The smallest absolute Gasteiger partial charge is 0.146 e. The van der Waals surface area contributed by atoms with Crippen LogP contribution < -0.4 is 5.73 Å². The molecular weight excluding hydrogens is 191 g/mol. The molecule has 1 aromatic carbocycles. The van der Waals surface area contributed by atoms with Crippen molar-refractivity contribution < 1.29 is 4.39 Å². The monoisotopic (exact) mass is 204 g/mol. The van der Waals surface area contributed by atoms with E-state index in [1.54, 1.807) is 6.07 Å². The van der Waals surface area contributed by atoms with E-state index in [1.165, 1.54) is 6.07 Å². The van der Waals surface area contributed by atoms with Crippen molar-refractivity contribution in [2.75, 3.05) is 19.8 Å². The summed E-state index contributed by atoms with van der Waals surface area (Å²) in [5, 5.41) is 0. The molecule has 1 rings (SSSR count). The van der Waals surface area contributed by atoms with E-state index in [4.69, 9.17) is 5.73 Å². The van der Waals surface area contributed by atoms with Crippen LogP contribution in [0.15, 0.2) is 18.2 Å². The van der Waals surface area contributed by atoms with Crippen LogP contribution in [0.4, 0.5) is 10.1 Å². The summed E-state index contributed by atoms with van der Waals surface area (Å²) in [6.07, 6.45) is 0. The molecule has 0 saturated heterocycles. The average Bonchev–Trinajstić information content (AvgIpc) is 1.96. The number of hydrogen-bond donors (Lipinski definition) is 1. The highest BCUT2D eigenvalue weighted by Gasteiger charge is 2.00. The van der Waals surface area contributed by atoms with Gasteiger partial charge < -0.3 is 10.6 Å². The highest BCUT2D eigenvalue weighted by Crippen LogP contribution is 2.12. The molecule has 0 amide bonds. The lowest BCUT2D eigenvalue weighted by Crippen LogP contribution is -2.10. The van der Waals surface area contributed by atoms with Gasteiger partial charge in [0, 0.05) is 6.54 Å². The van der Waals surface area contributed by atoms with Crippen molar-refractivity contribution in [2.45, 2.75) is 6.54 Å². The lowest BCUT2D eigenvalue weighted by molar-refractivity contribution is 0.401. The number of nitrogen functional groups attached to an aromatic ring is 1. The van der Waals surface area contributed by atoms with Gasteiger partial charge in [-0.3, -0.25) is 0 Å². The molecule has 0 unspecified atom stereocenters. The van der Waals surface area contributed by atoms with E-state index in [2.05, 4.69) is 0 Å².